The summed E-state index contributed by atoms with van der Waals surface area (Å²) in [7, 11) is -7.14. The first-order valence-electron chi connectivity index (χ1n) is 8.09. The quantitative estimate of drug-likeness (QED) is 0.525. The van der Waals surface area contributed by atoms with Crippen LogP contribution in [0.15, 0.2) is 23.1 Å². The molecule has 0 aromatic heterocycles. The van der Waals surface area contributed by atoms with Gasteiger partial charge in [-0.25, -0.2) is 25.9 Å². The van der Waals surface area contributed by atoms with Gasteiger partial charge in [0, 0.05) is 12.6 Å². The molecule has 2 rings (SSSR count). The number of halogens is 2. The highest BCUT2D eigenvalue weighted by Gasteiger charge is 2.29. The predicted molar refractivity (Wildman–Crippen MR) is 97.4 cm³/mol. The third-order valence-electron chi connectivity index (χ3n) is 3.78. The van der Waals surface area contributed by atoms with Crippen LogP contribution in [0, 0.1) is 5.82 Å². The highest BCUT2D eigenvalue weighted by Crippen LogP contribution is 2.19. The van der Waals surface area contributed by atoms with Gasteiger partial charge in [-0.2, -0.15) is 0 Å². The molecule has 1 aromatic rings. The zero-order valence-electron chi connectivity index (χ0n) is 14.5. The van der Waals surface area contributed by atoms with Crippen molar-refractivity contribution in [2.45, 2.75) is 23.8 Å². The number of hydrogen-bond acceptors (Lipinski definition) is 7. The minimum Gasteiger partial charge on any atom is -0.456 e. The molecule has 1 atom stereocenters. The van der Waals surface area contributed by atoms with Crippen molar-refractivity contribution < 1.29 is 35.6 Å². The molecule has 1 saturated heterocycles. The Hall–Kier alpha value is -1.76. The normalized spacial score (nSPS) is 18.6. The Balaban J connectivity index is 1.72. The van der Waals surface area contributed by atoms with Crippen LogP contribution >= 0.6 is 11.6 Å². The molecule has 0 saturated carbocycles. The maximum atomic E-state index is 13.1. The van der Waals surface area contributed by atoms with Crippen molar-refractivity contribution in [3.05, 3.63) is 29.0 Å². The first-order chi connectivity index (χ1) is 13.0. The highest BCUT2D eigenvalue weighted by molar-refractivity contribution is 7.91. The largest absolute Gasteiger partial charge is 0.456 e. The molecule has 2 N–H and O–H groups in total. The van der Waals surface area contributed by atoms with Crippen LogP contribution in [0.25, 0.3) is 0 Å². The number of amides is 1. The highest BCUT2D eigenvalue weighted by atomic mass is 35.5. The molecule has 0 spiro atoms. The van der Waals surface area contributed by atoms with Gasteiger partial charge in [0.1, 0.15) is 5.82 Å². The zero-order chi connectivity index (χ0) is 20.9. The van der Waals surface area contributed by atoms with E-state index in [1.807, 2.05) is 0 Å². The van der Waals surface area contributed by atoms with Gasteiger partial charge < -0.3 is 10.1 Å². The van der Waals surface area contributed by atoms with Gasteiger partial charge in [-0.05, 0) is 24.6 Å². The van der Waals surface area contributed by atoms with E-state index in [1.165, 1.54) is 0 Å². The maximum absolute atomic E-state index is 13.1. The minimum atomic E-state index is -4.00. The van der Waals surface area contributed by atoms with E-state index in [2.05, 4.69) is 10.0 Å². The third kappa shape index (κ3) is 6.69. The van der Waals surface area contributed by atoms with Crippen LogP contribution in [-0.2, 0) is 34.2 Å². The molecule has 1 aliphatic heterocycles. The van der Waals surface area contributed by atoms with E-state index in [0.29, 0.717) is 6.42 Å². The van der Waals surface area contributed by atoms with Crippen LogP contribution in [0.1, 0.15) is 12.8 Å². The number of sulfone groups is 1. The zero-order valence-corrected chi connectivity index (χ0v) is 16.9. The van der Waals surface area contributed by atoms with Crippen LogP contribution in [0.2, 0.25) is 5.02 Å². The van der Waals surface area contributed by atoms with E-state index in [1.54, 1.807) is 0 Å². The van der Waals surface area contributed by atoms with Gasteiger partial charge in [0.25, 0.3) is 5.91 Å². The standard InChI is InChI=1S/C15H18ClFN2O7S2/c16-12-7-11(1-2-13(12)17)28(24,25)18-5-3-15(21)26-8-14(20)19-10-4-6-27(22,23)9-10/h1-2,7,10,18H,3-6,8-9H2,(H,19,20)/t10-/m0/s1. The van der Waals surface area contributed by atoms with Crippen molar-refractivity contribution in [3.63, 3.8) is 0 Å². The second-order valence-electron chi connectivity index (χ2n) is 6.05. The molecule has 28 heavy (non-hydrogen) atoms. The summed E-state index contributed by atoms with van der Waals surface area (Å²) in [6.45, 7) is -0.908. The van der Waals surface area contributed by atoms with E-state index in [9.17, 15) is 30.8 Å². The smallest absolute Gasteiger partial charge is 0.307 e. The SMILES string of the molecule is O=C(COC(=O)CCNS(=O)(=O)c1ccc(F)c(Cl)c1)N[C@H]1CCS(=O)(=O)C1. The molecule has 0 bridgehead atoms. The average Bonchev–Trinajstić information content (AvgIpc) is 2.93. The molecule has 0 aliphatic carbocycles. The van der Waals surface area contributed by atoms with Crippen molar-refractivity contribution in [1.82, 2.24) is 10.0 Å². The molecule has 1 heterocycles. The van der Waals surface area contributed by atoms with Gasteiger partial charge in [0.2, 0.25) is 10.0 Å². The maximum Gasteiger partial charge on any atom is 0.307 e. The van der Waals surface area contributed by atoms with Crippen LogP contribution in [-0.4, -0.2) is 59.4 Å². The monoisotopic (exact) mass is 456 g/mol. The molecule has 9 nitrogen and oxygen atoms in total. The molecule has 156 valence electrons. The number of nitrogens with one attached hydrogen (secondary N) is 2. The lowest BCUT2D eigenvalue weighted by molar-refractivity contribution is -0.148. The lowest BCUT2D eigenvalue weighted by atomic mass is 10.2. The van der Waals surface area contributed by atoms with Gasteiger partial charge in [-0.3, -0.25) is 9.59 Å². The number of carbonyl (C=O) groups excluding carboxylic acids is 2. The minimum absolute atomic E-state index is 0.00283. The molecule has 0 radical (unpaired) electrons. The molecular formula is C15H18ClFN2O7S2. The Morgan fingerprint density at radius 2 is 2.04 bits per heavy atom. The first kappa shape index (κ1) is 22.5. The van der Waals surface area contributed by atoms with E-state index < -0.39 is 50.2 Å². The molecule has 0 unspecified atom stereocenters. The average molecular weight is 457 g/mol. The Kier molecular flexibility index (Phi) is 7.37. The van der Waals surface area contributed by atoms with Crippen molar-refractivity contribution >= 4 is 43.3 Å². The predicted octanol–water partition coefficient (Wildman–Crippen LogP) is -0.00600. The Bertz CT molecular complexity index is 967. The summed E-state index contributed by atoms with van der Waals surface area (Å²) in [4.78, 5) is 23.0. The van der Waals surface area contributed by atoms with Crippen LogP contribution < -0.4 is 10.0 Å². The summed E-state index contributed by atoms with van der Waals surface area (Å²) in [5.74, 6) is -2.39. The van der Waals surface area contributed by atoms with Gasteiger partial charge in [0.15, 0.2) is 16.4 Å². The Labute approximate surface area is 166 Å². The number of rotatable bonds is 8. The number of carbonyl (C=O) groups is 2. The number of esters is 1. The molecule has 1 aromatic carbocycles. The summed E-state index contributed by atoms with van der Waals surface area (Å²) >= 11 is 5.54. The Morgan fingerprint density at radius 3 is 2.64 bits per heavy atom. The van der Waals surface area contributed by atoms with Gasteiger partial charge >= 0.3 is 5.97 Å². The van der Waals surface area contributed by atoms with Gasteiger partial charge in [0.05, 0.1) is 27.8 Å². The summed E-state index contributed by atoms with van der Waals surface area (Å²) in [6, 6.07) is 2.35. The number of benzene rings is 1. The number of sulfonamides is 1. The number of hydrogen-bond donors (Lipinski definition) is 2. The number of ether oxygens (including phenoxy) is 1. The molecule has 1 aliphatic rings. The fraction of sp³-hybridized carbons (Fsp3) is 0.467. The fourth-order valence-electron chi connectivity index (χ4n) is 2.41. The van der Waals surface area contributed by atoms with Crippen molar-refractivity contribution in [2.75, 3.05) is 24.7 Å². The first-order valence-corrected chi connectivity index (χ1v) is 11.8. The van der Waals surface area contributed by atoms with Gasteiger partial charge in [-0.15, -0.1) is 0 Å². The molecule has 13 heteroatoms. The van der Waals surface area contributed by atoms with E-state index in [0.717, 1.165) is 18.2 Å². The van der Waals surface area contributed by atoms with Crippen LogP contribution in [0.5, 0.6) is 0 Å². The second-order valence-corrected chi connectivity index (χ2v) is 10.5. The molecule has 1 fully saturated rings. The third-order valence-corrected chi connectivity index (χ3v) is 7.30. The van der Waals surface area contributed by atoms with E-state index >= 15 is 0 Å². The van der Waals surface area contributed by atoms with Gasteiger partial charge in [-0.1, -0.05) is 11.6 Å². The topological polar surface area (TPSA) is 136 Å². The summed E-state index contributed by atoms with van der Waals surface area (Å²) in [6.07, 6.45) is -0.0452. The van der Waals surface area contributed by atoms with Crippen LogP contribution in [0.4, 0.5) is 4.39 Å². The van der Waals surface area contributed by atoms with Crippen molar-refractivity contribution in [2.24, 2.45) is 0 Å². The van der Waals surface area contributed by atoms with E-state index in [4.69, 9.17) is 16.3 Å². The van der Waals surface area contributed by atoms with Crippen LogP contribution in [0.3, 0.4) is 0 Å². The van der Waals surface area contributed by atoms with Crippen molar-refractivity contribution in [1.29, 1.82) is 0 Å². The summed E-state index contributed by atoms with van der Waals surface area (Å²) in [5, 5.41) is 2.09. The lowest BCUT2D eigenvalue weighted by Crippen LogP contribution is -2.38. The summed E-state index contributed by atoms with van der Waals surface area (Å²) < 4.78 is 66.6. The fourth-order valence-corrected chi connectivity index (χ4v) is 5.39. The second kappa shape index (κ2) is 9.16. The summed E-state index contributed by atoms with van der Waals surface area (Å²) in [5.41, 5.74) is 0. The van der Waals surface area contributed by atoms with Crippen molar-refractivity contribution in [3.8, 4) is 0 Å². The molecule has 1 amide bonds. The Morgan fingerprint density at radius 1 is 1.32 bits per heavy atom. The lowest BCUT2D eigenvalue weighted by Gasteiger charge is -2.11. The molecular weight excluding hydrogens is 439 g/mol. The van der Waals surface area contributed by atoms with E-state index in [-0.39, 0.29) is 34.4 Å².